The molecule has 0 spiro atoms. The Hall–Kier alpha value is -3.95. The van der Waals surface area contributed by atoms with Crippen LogP contribution in [-0.4, -0.2) is 31.0 Å². The summed E-state index contributed by atoms with van der Waals surface area (Å²) in [5.74, 6) is -3.13. The third kappa shape index (κ3) is 4.15. The second-order valence-electron chi connectivity index (χ2n) is 6.29. The number of benzene rings is 2. The van der Waals surface area contributed by atoms with Crippen molar-refractivity contribution < 1.29 is 18.1 Å². The summed E-state index contributed by atoms with van der Waals surface area (Å²) in [5.41, 5.74) is 2.59. The molecule has 10 heteroatoms. The van der Waals surface area contributed by atoms with Crippen LogP contribution in [0.5, 0.6) is 0 Å². The van der Waals surface area contributed by atoms with Crippen molar-refractivity contribution in [2.75, 3.05) is 5.32 Å². The van der Waals surface area contributed by atoms with Gasteiger partial charge < -0.3 is 9.84 Å². The predicted octanol–water partition coefficient (Wildman–Crippen LogP) is 3.22. The number of carbonyl (C=O) groups excluding carboxylic acids is 1. The molecule has 2 aromatic carbocycles. The molecule has 0 bridgehead atoms. The van der Waals surface area contributed by atoms with Crippen LogP contribution in [0.3, 0.4) is 0 Å². The summed E-state index contributed by atoms with van der Waals surface area (Å²) in [4.78, 5) is 16.1. The van der Waals surface area contributed by atoms with Crippen molar-refractivity contribution in [2.24, 2.45) is 0 Å². The molecule has 1 amide bonds. The Morgan fingerprint density at radius 2 is 1.93 bits per heavy atom. The molecule has 4 rings (SSSR count). The third-order valence-corrected chi connectivity index (χ3v) is 4.03. The van der Waals surface area contributed by atoms with Crippen LogP contribution in [0, 0.1) is 18.6 Å². The fraction of sp³-hybridized carbons (Fsp3) is 0.105. The van der Waals surface area contributed by atoms with Gasteiger partial charge in [0.05, 0.1) is 12.7 Å². The van der Waals surface area contributed by atoms with Crippen molar-refractivity contribution >= 4 is 11.6 Å². The smallest absolute Gasteiger partial charge is 0.316 e. The lowest BCUT2D eigenvalue weighted by atomic mass is 10.1. The van der Waals surface area contributed by atoms with Crippen molar-refractivity contribution in [1.29, 1.82) is 0 Å². The van der Waals surface area contributed by atoms with E-state index in [2.05, 4.69) is 25.8 Å². The Morgan fingerprint density at radius 3 is 2.69 bits per heavy atom. The Labute approximate surface area is 163 Å². The first-order valence-corrected chi connectivity index (χ1v) is 8.54. The highest BCUT2D eigenvalue weighted by atomic mass is 19.2. The van der Waals surface area contributed by atoms with Gasteiger partial charge in [0.25, 0.3) is 0 Å². The highest BCUT2D eigenvalue weighted by molar-refractivity contribution is 6.01. The summed E-state index contributed by atoms with van der Waals surface area (Å²) in [6, 6.07) is 11.0. The predicted molar refractivity (Wildman–Crippen MR) is 97.9 cm³/mol. The average molecular weight is 396 g/mol. The second kappa shape index (κ2) is 7.58. The van der Waals surface area contributed by atoms with E-state index in [1.807, 2.05) is 31.2 Å². The normalized spacial score (nSPS) is 10.9. The van der Waals surface area contributed by atoms with E-state index in [1.165, 1.54) is 6.07 Å². The van der Waals surface area contributed by atoms with Gasteiger partial charge in [-0.05, 0) is 24.6 Å². The van der Waals surface area contributed by atoms with E-state index < -0.39 is 17.5 Å². The molecule has 0 saturated carbocycles. The van der Waals surface area contributed by atoms with E-state index >= 15 is 0 Å². The number of hydrogen-bond donors (Lipinski definition) is 1. The van der Waals surface area contributed by atoms with Crippen LogP contribution in [0.25, 0.3) is 11.5 Å². The van der Waals surface area contributed by atoms with Gasteiger partial charge in [-0.3, -0.25) is 4.79 Å². The maximum atomic E-state index is 13.2. The molecule has 0 saturated heterocycles. The number of nitrogens with one attached hydrogen (secondary N) is 1. The molecule has 146 valence electrons. The van der Waals surface area contributed by atoms with Crippen molar-refractivity contribution in [1.82, 2.24) is 25.1 Å². The first-order valence-electron chi connectivity index (χ1n) is 8.54. The Kier molecular flexibility index (Phi) is 4.82. The van der Waals surface area contributed by atoms with E-state index in [4.69, 9.17) is 4.52 Å². The number of rotatable bonds is 5. The fourth-order valence-electron chi connectivity index (χ4n) is 2.54. The Balaban J connectivity index is 1.46. The van der Waals surface area contributed by atoms with Gasteiger partial charge in [-0.2, -0.15) is 4.98 Å². The number of nitrogens with zero attached hydrogens (tertiary/aromatic N) is 5. The van der Waals surface area contributed by atoms with Gasteiger partial charge in [-0.1, -0.05) is 40.2 Å². The number of hydrogen-bond acceptors (Lipinski definition) is 6. The maximum Gasteiger partial charge on any atom is 0.316 e. The molecule has 0 aliphatic rings. The minimum Gasteiger partial charge on any atom is -0.328 e. The van der Waals surface area contributed by atoms with E-state index in [1.54, 1.807) is 10.9 Å². The van der Waals surface area contributed by atoms with Crippen LogP contribution >= 0.6 is 0 Å². The molecule has 0 aliphatic heterocycles. The number of aromatic nitrogens is 5. The first kappa shape index (κ1) is 18.4. The van der Waals surface area contributed by atoms with E-state index in [0.717, 1.165) is 23.3 Å². The van der Waals surface area contributed by atoms with Gasteiger partial charge in [-0.25, -0.2) is 13.5 Å². The quantitative estimate of drug-likeness (QED) is 0.556. The molecule has 0 radical (unpaired) electrons. The average Bonchev–Trinajstić information content (AvgIpc) is 3.36. The minimum atomic E-state index is -1.08. The first-order chi connectivity index (χ1) is 14.0. The number of aryl methyl sites for hydroxylation is 1. The molecule has 8 nitrogen and oxygen atoms in total. The van der Waals surface area contributed by atoms with Gasteiger partial charge >= 0.3 is 11.8 Å². The number of halogens is 2. The summed E-state index contributed by atoms with van der Waals surface area (Å²) in [7, 11) is 0. The monoisotopic (exact) mass is 396 g/mol. The zero-order valence-corrected chi connectivity index (χ0v) is 15.1. The van der Waals surface area contributed by atoms with Crippen LogP contribution in [0.15, 0.2) is 53.2 Å². The molecule has 0 fully saturated rings. The molecule has 0 unspecified atom stereocenters. The molecule has 0 aliphatic carbocycles. The minimum absolute atomic E-state index is 0.0534. The Morgan fingerprint density at radius 1 is 1.14 bits per heavy atom. The third-order valence-electron chi connectivity index (χ3n) is 4.03. The second-order valence-corrected chi connectivity index (χ2v) is 6.29. The zero-order valence-electron chi connectivity index (χ0n) is 15.1. The van der Waals surface area contributed by atoms with E-state index in [-0.39, 0.29) is 17.4 Å². The summed E-state index contributed by atoms with van der Waals surface area (Å²) >= 11 is 0. The van der Waals surface area contributed by atoms with Crippen LogP contribution < -0.4 is 5.32 Å². The highest BCUT2D eigenvalue weighted by Gasteiger charge is 2.19. The van der Waals surface area contributed by atoms with Crippen molar-refractivity contribution in [2.45, 2.75) is 13.5 Å². The van der Waals surface area contributed by atoms with Crippen LogP contribution in [0.2, 0.25) is 0 Å². The lowest BCUT2D eigenvalue weighted by molar-refractivity contribution is 0.0981. The SMILES string of the molecule is Cc1ccc(Cn2cc(-c3noc(C(=O)Nc4ccc(F)c(F)c4)n3)nn2)cc1. The van der Waals surface area contributed by atoms with Crippen LogP contribution in [-0.2, 0) is 6.54 Å². The maximum absolute atomic E-state index is 13.2. The van der Waals surface area contributed by atoms with Gasteiger partial charge in [0, 0.05) is 11.8 Å². The molecule has 1 N–H and O–H groups in total. The van der Waals surface area contributed by atoms with Crippen molar-refractivity contribution in [3.05, 3.63) is 77.3 Å². The molecule has 29 heavy (non-hydrogen) atoms. The van der Waals surface area contributed by atoms with Crippen LogP contribution in [0.1, 0.15) is 21.8 Å². The van der Waals surface area contributed by atoms with Gasteiger partial charge in [-0.15, -0.1) is 5.10 Å². The summed E-state index contributed by atoms with van der Waals surface area (Å²) < 4.78 is 32.7. The van der Waals surface area contributed by atoms with Crippen molar-refractivity contribution in [3.63, 3.8) is 0 Å². The van der Waals surface area contributed by atoms with Gasteiger partial charge in [0.2, 0.25) is 5.82 Å². The number of carbonyl (C=O) groups is 1. The largest absolute Gasteiger partial charge is 0.328 e. The summed E-state index contributed by atoms with van der Waals surface area (Å²) in [5, 5.41) is 14.1. The van der Waals surface area contributed by atoms with E-state index in [9.17, 15) is 13.6 Å². The number of anilines is 1. The number of amides is 1. The zero-order chi connectivity index (χ0) is 20.4. The van der Waals surface area contributed by atoms with Gasteiger partial charge in [0.1, 0.15) is 0 Å². The lowest BCUT2D eigenvalue weighted by Crippen LogP contribution is -2.12. The topological polar surface area (TPSA) is 98.7 Å². The molecule has 2 aromatic heterocycles. The summed E-state index contributed by atoms with van der Waals surface area (Å²) in [6.45, 7) is 2.52. The lowest BCUT2D eigenvalue weighted by Gasteiger charge is -2.02. The molecule has 0 atom stereocenters. The molecular weight excluding hydrogens is 382 g/mol. The van der Waals surface area contributed by atoms with Crippen molar-refractivity contribution in [3.8, 4) is 11.5 Å². The van der Waals surface area contributed by atoms with E-state index in [0.29, 0.717) is 12.2 Å². The standard InChI is InChI=1S/C19H14F2N6O2/c1-11-2-4-12(5-3-11)9-27-10-16(24-26-27)17-23-19(29-25-17)18(28)22-13-6-7-14(20)15(21)8-13/h2-8,10H,9H2,1H3,(H,22,28). The Bertz CT molecular complexity index is 1170. The molecule has 2 heterocycles. The fourth-order valence-corrected chi connectivity index (χ4v) is 2.54. The van der Waals surface area contributed by atoms with Gasteiger partial charge in [0.15, 0.2) is 17.3 Å². The molecular formula is C19H14F2N6O2. The summed E-state index contributed by atoms with van der Waals surface area (Å²) in [6.07, 6.45) is 1.63. The molecule has 4 aromatic rings. The highest BCUT2D eigenvalue weighted by Crippen LogP contribution is 2.16. The van der Waals surface area contributed by atoms with Crippen LogP contribution in [0.4, 0.5) is 14.5 Å².